The molecule has 1 aliphatic heterocycles. The summed E-state index contributed by atoms with van der Waals surface area (Å²) in [6.07, 6.45) is 2.09. The molecule has 4 rings (SSSR count). The van der Waals surface area contributed by atoms with Gasteiger partial charge in [-0.2, -0.15) is 0 Å². The summed E-state index contributed by atoms with van der Waals surface area (Å²) in [5, 5.41) is 0.707. The summed E-state index contributed by atoms with van der Waals surface area (Å²) in [6, 6.07) is 14.6. The Balaban J connectivity index is 1.81. The number of ether oxygens (including phenoxy) is 1. The fourth-order valence-corrected chi connectivity index (χ4v) is 4.58. The summed E-state index contributed by atoms with van der Waals surface area (Å²) >= 11 is 1.32. The highest BCUT2D eigenvalue weighted by molar-refractivity contribution is 8.00. The lowest BCUT2D eigenvalue weighted by Crippen LogP contribution is -2.34. The molecule has 29 heavy (non-hydrogen) atoms. The molecule has 0 saturated carbocycles. The summed E-state index contributed by atoms with van der Waals surface area (Å²) in [4.78, 5) is 32.8. The monoisotopic (exact) mass is 409 g/mol. The standard InChI is InChI=1S/C22H23N3O3S/c1-15(20(26)24-12-5-6-13-24)29-22-23-19-11-4-3-10-18(19)21(27)25(22)16-8-7-9-17(14-16)28-2/h3-4,7-11,14-15H,5-6,12-13H2,1-2H3. The summed E-state index contributed by atoms with van der Waals surface area (Å²) in [6.45, 7) is 3.48. The molecule has 1 fully saturated rings. The van der Waals surface area contributed by atoms with E-state index in [1.807, 2.05) is 48.2 Å². The third kappa shape index (κ3) is 3.87. The summed E-state index contributed by atoms with van der Waals surface area (Å²) < 4.78 is 6.90. The molecule has 1 amide bonds. The Labute approximate surface area is 173 Å². The van der Waals surface area contributed by atoms with Crippen LogP contribution in [0.15, 0.2) is 58.5 Å². The van der Waals surface area contributed by atoms with Crippen molar-refractivity contribution >= 4 is 28.6 Å². The molecule has 2 aromatic carbocycles. The van der Waals surface area contributed by atoms with E-state index in [1.54, 1.807) is 23.8 Å². The SMILES string of the molecule is COc1cccc(-n2c(SC(C)C(=O)N3CCCC3)nc3ccccc3c2=O)c1. The molecule has 0 bridgehead atoms. The molecule has 1 aromatic heterocycles. The fraction of sp³-hybridized carbons (Fsp3) is 0.318. The first-order valence-electron chi connectivity index (χ1n) is 9.70. The third-order valence-corrected chi connectivity index (χ3v) is 6.14. The lowest BCUT2D eigenvalue weighted by molar-refractivity contribution is -0.129. The van der Waals surface area contributed by atoms with Crippen molar-refractivity contribution in [3.8, 4) is 11.4 Å². The van der Waals surface area contributed by atoms with E-state index in [1.165, 1.54) is 11.8 Å². The number of thioether (sulfide) groups is 1. The molecule has 3 aromatic rings. The smallest absolute Gasteiger partial charge is 0.266 e. The van der Waals surface area contributed by atoms with Gasteiger partial charge in [0, 0.05) is 19.2 Å². The molecular formula is C22H23N3O3S. The van der Waals surface area contributed by atoms with Gasteiger partial charge in [-0.3, -0.25) is 14.2 Å². The van der Waals surface area contributed by atoms with Crippen LogP contribution >= 0.6 is 11.8 Å². The molecule has 1 unspecified atom stereocenters. The molecule has 6 nitrogen and oxygen atoms in total. The first-order valence-corrected chi connectivity index (χ1v) is 10.6. The number of carbonyl (C=O) groups is 1. The number of benzene rings is 2. The van der Waals surface area contributed by atoms with Gasteiger partial charge in [0.2, 0.25) is 5.91 Å². The maximum atomic E-state index is 13.3. The van der Waals surface area contributed by atoms with Gasteiger partial charge < -0.3 is 9.64 Å². The van der Waals surface area contributed by atoms with E-state index in [4.69, 9.17) is 9.72 Å². The number of fused-ring (bicyclic) bond motifs is 1. The minimum absolute atomic E-state index is 0.0899. The van der Waals surface area contributed by atoms with Crippen LogP contribution in [0.3, 0.4) is 0 Å². The molecule has 150 valence electrons. The van der Waals surface area contributed by atoms with Crippen LogP contribution in [0.25, 0.3) is 16.6 Å². The van der Waals surface area contributed by atoms with Gasteiger partial charge >= 0.3 is 0 Å². The number of rotatable bonds is 5. The van der Waals surface area contributed by atoms with E-state index >= 15 is 0 Å². The van der Waals surface area contributed by atoms with E-state index < -0.39 is 0 Å². The van der Waals surface area contributed by atoms with Gasteiger partial charge in [-0.25, -0.2) is 4.98 Å². The highest BCUT2D eigenvalue weighted by Gasteiger charge is 2.26. The number of hydrogen-bond donors (Lipinski definition) is 0. The molecule has 0 aliphatic carbocycles. The number of hydrogen-bond acceptors (Lipinski definition) is 5. The van der Waals surface area contributed by atoms with Crippen molar-refractivity contribution in [2.45, 2.75) is 30.2 Å². The van der Waals surface area contributed by atoms with Crippen LogP contribution in [0.2, 0.25) is 0 Å². The highest BCUT2D eigenvalue weighted by Crippen LogP contribution is 2.28. The number of likely N-dealkylation sites (tertiary alicyclic amines) is 1. The Hall–Kier alpha value is -2.80. The van der Waals surface area contributed by atoms with Crippen molar-refractivity contribution in [1.82, 2.24) is 14.5 Å². The van der Waals surface area contributed by atoms with Crippen LogP contribution in [0.1, 0.15) is 19.8 Å². The van der Waals surface area contributed by atoms with E-state index in [2.05, 4.69) is 0 Å². The van der Waals surface area contributed by atoms with Crippen LogP contribution in [0.4, 0.5) is 0 Å². The topological polar surface area (TPSA) is 64.4 Å². The van der Waals surface area contributed by atoms with Crippen molar-refractivity contribution in [3.05, 3.63) is 58.9 Å². The Kier molecular flexibility index (Phi) is 5.58. The van der Waals surface area contributed by atoms with Gasteiger partial charge in [-0.15, -0.1) is 0 Å². The zero-order chi connectivity index (χ0) is 20.4. The van der Waals surface area contributed by atoms with Crippen molar-refractivity contribution in [3.63, 3.8) is 0 Å². The van der Waals surface area contributed by atoms with Crippen molar-refractivity contribution < 1.29 is 9.53 Å². The van der Waals surface area contributed by atoms with Gasteiger partial charge in [-0.1, -0.05) is 30.0 Å². The zero-order valence-corrected chi connectivity index (χ0v) is 17.3. The van der Waals surface area contributed by atoms with E-state index in [0.717, 1.165) is 25.9 Å². The van der Waals surface area contributed by atoms with Gasteiger partial charge in [0.15, 0.2) is 5.16 Å². The molecular weight excluding hydrogens is 386 g/mol. The molecule has 0 N–H and O–H groups in total. The van der Waals surface area contributed by atoms with Gasteiger partial charge in [-0.05, 0) is 44.0 Å². The number of aromatic nitrogens is 2. The largest absolute Gasteiger partial charge is 0.497 e. The van der Waals surface area contributed by atoms with Crippen molar-refractivity contribution in [2.75, 3.05) is 20.2 Å². The van der Waals surface area contributed by atoms with Gasteiger partial charge in [0.05, 0.1) is 29.0 Å². The summed E-state index contributed by atoms with van der Waals surface area (Å²) in [7, 11) is 1.59. The predicted octanol–water partition coefficient (Wildman–Crippen LogP) is 3.50. The second kappa shape index (κ2) is 8.29. The zero-order valence-electron chi connectivity index (χ0n) is 16.5. The Morgan fingerprint density at radius 2 is 1.90 bits per heavy atom. The van der Waals surface area contributed by atoms with Crippen LogP contribution in [0.5, 0.6) is 5.75 Å². The quantitative estimate of drug-likeness (QED) is 0.477. The molecule has 0 radical (unpaired) electrons. The van der Waals surface area contributed by atoms with Crippen molar-refractivity contribution in [1.29, 1.82) is 0 Å². The van der Waals surface area contributed by atoms with Crippen molar-refractivity contribution in [2.24, 2.45) is 0 Å². The highest BCUT2D eigenvalue weighted by atomic mass is 32.2. The van der Waals surface area contributed by atoms with E-state index in [0.29, 0.717) is 27.5 Å². The predicted molar refractivity (Wildman–Crippen MR) is 115 cm³/mol. The Morgan fingerprint density at radius 3 is 2.66 bits per heavy atom. The Bertz CT molecular complexity index is 1110. The molecule has 2 heterocycles. The average Bonchev–Trinajstić information content (AvgIpc) is 3.28. The van der Waals surface area contributed by atoms with E-state index in [-0.39, 0.29) is 16.7 Å². The second-order valence-corrected chi connectivity index (χ2v) is 8.35. The average molecular weight is 410 g/mol. The summed E-state index contributed by atoms with van der Waals surface area (Å²) in [5.41, 5.74) is 1.13. The lowest BCUT2D eigenvalue weighted by Gasteiger charge is -2.21. The first-order chi connectivity index (χ1) is 14.1. The first kappa shape index (κ1) is 19.5. The van der Waals surface area contributed by atoms with E-state index in [9.17, 15) is 9.59 Å². The fourth-order valence-electron chi connectivity index (χ4n) is 3.57. The normalized spacial score (nSPS) is 14.9. The number of para-hydroxylation sites is 1. The molecule has 1 atom stereocenters. The van der Waals surface area contributed by atoms with Crippen LogP contribution in [0, 0.1) is 0 Å². The maximum Gasteiger partial charge on any atom is 0.266 e. The van der Waals surface area contributed by atoms with Gasteiger partial charge in [0.25, 0.3) is 5.56 Å². The number of nitrogens with zero attached hydrogens (tertiary/aromatic N) is 3. The van der Waals surface area contributed by atoms with Crippen LogP contribution in [-0.2, 0) is 4.79 Å². The minimum Gasteiger partial charge on any atom is -0.497 e. The van der Waals surface area contributed by atoms with Crippen LogP contribution in [-0.4, -0.2) is 45.8 Å². The summed E-state index contributed by atoms with van der Waals surface area (Å²) in [5.74, 6) is 0.742. The molecule has 0 spiro atoms. The maximum absolute atomic E-state index is 13.3. The van der Waals surface area contributed by atoms with Gasteiger partial charge in [0.1, 0.15) is 5.75 Å². The molecule has 1 saturated heterocycles. The molecule has 7 heteroatoms. The second-order valence-electron chi connectivity index (χ2n) is 7.05. The number of carbonyl (C=O) groups excluding carboxylic acids is 1. The number of amides is 1. The number of methoxy groups -OCH3 is 1. The van der Waals surface area contributed by atoms with Crippen LogP contribution < -0.4 is 10.3 Å². The Morgan fingerprint density at radius 1 is 1.14 bits per heavy atom. The lowest BCUT2D eigenvalue weighted by atomic mass is 10.2. The molecule has 1 aliphatic rings. The minimum atomic E-state index is -0.335. The third-order valence-electron chi connectivity index (χ3n) is 5.10.